The molecule has 1 aromatic rings. The highest BCUT2D eigenvalue weighted by Crippen LogP contribution is 2.30. The van der Waals surface area contributed by atoms with Crippen LogP contribution < -0.4 is 0 Å². The molecule has 0 saturated carbocycles. The van der Waals surface area contributed by atoms with Crippen molar-refractivity contribution in [2.75, 3.05) is 45.6 Å². The summed E-state index contributed by atoms with van der Waals surface area (Å²) in [7, 11) is -1.35. The quantitative estimate of drug-likeness (QED) is 0.733. The molecule has 0 radical (unpaired) electrons. The fraction of sp³-hybridized carbons (Fsp3) is 0.647. The molecule has 2 N–H and O–H groups in total. The molecule has 2 atom stereocenters. The normalized spacial score (nSPS) is 28.2. The molecule has 0 aromatic heterocycles. The molecule has 6 nitrogen and oxygen atoms in total. The van der Waals surface area contributed by atoms with Gasteiger partial charge in [0.2, 0.25) is 5.79 Å². The second-order valence-corrected chi connectivity index (χ2v) is 9.32. The monoisotopic (exact) mass is 358 g/mol. The smallest absolute Gasteiger partial charge is 0.243 e. The van der Waals surface area contributed by atoms with Gasteiger partial charge in [0.1, 0.15) is 19.6 Å². The van der Waals surface area contributed by atoms with E-state index < -0.39 is 15.6 Å². The van der Waals surface area contributed by atoms with Gasteiger partial charge in [0.05, 0.1) is 30.9 Å². The van der Waals surface area contributed by atoms with Crippen LogP contribution in [0.1, 0.15) is 19.4 Å². The zero-order valence-electron chi connectivity index (χ0n) is 14.6. The van der Waals surface area contributed by atoms with E-state index in [4.69, 9.17) is 4.74 Å². The zero-order chi connectivity index (χ0) is 18.0. The van der Waals surface area contributed by atoms with Crippen molar-refractivity contribution < 1.29 is 27.9 Å². The summed E-state index contributed by atoms with van der Waals surface area (Å²) in [6.45, 7) is 5.70. The van der Waals surface area contributed by atoms with Crippen molar-refractivity contribution in [3.8, 4) is 0 Å². The van der Waals surface area contributed by atoms with Crippen molar-refractivity contribution in [2.45, 2.75) is 24.5 Å². The van der Waals surface area contributed by atoms with Crippen LogP contribution in [0.15, 0.2) is 29.2 Å². The van der Waals surface area contributed by atoms with E-state index in [1.807, 2.05) is 20.9 Å². The first-order chi connectivity index (χ1) is 11.1. The van der Waals surface area contributed by atoms with Gasteiger partial charge < -0.3 is 19.4 Å². The second kappa shape index (κ2) is 7.09. The Hall–Kier alpha value is -0.990. The Morgan fingerprint density at radius 3 is 2.46 bits per heavy atom. The summed E-state index contributed by atoms with van der Waals surface area (Å²) in [5.41, 5.74) is 0.535. The molecule has 0 spiro atoms. The highest BCUT2D eigenvalue weighted by molar-refractivity contribution is 7.91. The zero-order valence-corrected chi connectivity index (χ0v) is 15.4. The molecular weight excluding hydrogens is 330 g/mol. The molecule has 1 aliphatic heterocycles. The summed E-state index contributed by atoms with van der Waals surface area (Å²) >= 11 is 0. The van der Waals surface area contributed by atoms with Crippen LogP contribution in [0.5, 0.6) is 0 Å². The van der Waals surface area contributed by atoms with Crippen molar-refractivity contribution in [1.82, 2.24) is 0 Å². The first-order valence-corrected chi connectivity index (χ1v) is 9.89. The standard InChI is InChI=1S/C17H28NO5S/c1-14(2)12-24(21,22)16-6-4-15(5-7-16)17(20)13-18(3,8-10-19)9-11-23-17/h4-7,14,19-20H,8-13H2,1-3H3/q+1. The third kappa shape index (κ3) is 4.34. The SMILES string of the molecule is CC(C)CS(=O)(=O)c1ccc(C2(O)C[N+](C)(CCO)CCO2)cc1. The van der Waals surface area contributed by atoms with Crippen LogP contribution in [0, 0.1) is 5.92 Å². The first-order valence-electron chi connectivity index (χ1n) is 8.24. The van der Waals surface area contributed by atoms with E-state index >= 15 is 0 Å². The van der Waals surface area contributed by atoms with Crippen molar-refractivity contribution in [1.29, 1.82) is 0 Å². The maximum atomic E-state index is 12.3. The third-order valence-electron chi connectivity index (χ3n) is 4.43. The highest BCUT2D eigenvalue weighted by atomic mass is 32.2. The number of morpholine rings is 1. The van der Waals surface area contributed by atoms with Crippen molar-refractivity contribution >= 4 is 9.84 Å². The van der Waals surface area contributed by atoms with Crippen LogP contribution in [0.3, 0.4) is 0 Å². The molecule has 0 aliphatic carbocycles. The largest absolute Gasteiger partial charge is 0.391 e. The number of nitrogens with zero attached hydrogens (tertiary/aromatic N) is 1. The molecule has 1 fully saturated rings. The van der Waals surface area contributed by atoms with E-state index in [2.05, 4.69) is 0 Å². The minimum absolute atomic E-state index is 0.0406. The van der Waals surface area contributed by atoms with E-state index in [1.54, 1.807) is 12.1 Å². The number of quaternary nitrogens is 1. The molecular formula is C17H28NO5S+. The van der Waals surface area contributed by atoms with Crippen LogP contribution >= 0.6 is 0 Å². The minimum atomic E-state index is -3.32. The Morgan fingerprint density at radius 1 is 1.29 bits per heavy atom. The number of aliphatic hydroxyl groups excluding tert-OH is 1. The van der Waals surface area contributed by atoms with E-state index in [0.717, 1.165) is 0 Å². The second-order valence-electron chi connectivity index (χ2n) is 7.28. The van der Waals surface area contributed by atoms with Crippen LogP contribution in [0.2, 0.25) is 0 Å². The Balaban J connectivity index is 2.24. The molecule has 0 amide bonds. The minimum Gasteiger partial charge on any atom is -0.391 e. The van der Waals surface area contributed by atoms with Gasteiger partial charge >= 0.3 is 0 Å². The number of rotatable bonds is 6. The Bertz CT molecular complexity index is 654. The van der Waals surface area contributed by atoms with Gasteiger partial charge in [-0.15, -0.1) is 0 Å². The van der Waals surface area contributed by atoms with E-state index in [9.17, 15) is 18.6 Å². The van der Waals surface area contributed by atoms with E-state index in [0.29, 0.717) is 36.3 Å². The topological polar surface area (TPSA) is 83.8 Å². The lowest BCUT2D eigenvalue weighted by atomic mass is 10.0. The number of aliphatic hydroxyl groups is 2. The van der Waals surface area contributed by atoms with Gasteiger partial charge in [0, 0.05) is 5.56 Å². The van der Waals surface area contributed by atoms with Crippen molar-refractivity contribution in [2.24, 2.45) is 5.92 Å². The summed E-state index contributed by atoms with van der Waals surface area (Å²) in [6, 6.07) is 6.28. The average Bonchev–Trinajstić information content (AvgIpc) is 2.46. The van der Waals surface area contributed by atoms with E-state index in [-0.39, 0.29) is 23.2 Å². The van der Waals surface area contributed by atoms with Gasteiger partial charge in [0.15, 0.2) is 9.84 Å². The van der Waals surface area contributed by atoms with Gasteiger partial charge in [-0.1, -0.05) is 26.0 Å². The maximum Gasteiger partial charge on any atom is 0.243 e. The number of likely N-dealkylation sites (N-methyl/N-ethyl adjacent to an activating group) is 1. The Kier molecular flexibility index (Phi) is 5.71. The number of hydrogen-bond donors (Lipinski definition) is 2. The molecule has 7 heteroatoms. The third-order valence-corrected chi connectivity index (χ3v) is 6.52. The number of hydrogen-bond acceptors (Lipinski definition) is 5. The predicted molar refractivity (Wildman–Crippen MR) is 91.1 cm³/mol. The van der Waals surface area contributed by atoms with Gasteiger partial charge in [-0.3, -0.25) is 0 Å². The predicted octanol–water partition coefficient (Wildman–Crippen LogP) is 0.730. The number of ether oxygens (including phenoxy) is 1. The maximum absolute atomic E-state index is 12.3. The Labute approximate surface area is 144 Å². The fourth-order valence-corrected chi connectivity index (χ4v) is 4.76. The molecule has 1 aliphatic rings. The lowest BCUT2D eigenvalue weighted by molar-refractivity contribution is -0.930. The van der Waals surface area contributed by atoms with Gasteiger partial charge in [-0.25, -0.2) is 8.42 Å². The Morgan fingerprint density at radius 2 is 1.92 bits per heavy atom. The van der Waals surface area contributed by atoms with Crippen molar-refractivity contribution in [3.05, 3.63) is 29.8 Å². The summed E-state index contributed by atoms with van der Waals surface area (Å²) in [5.74, 6) is -1.32. The average molecular weight is 358 g/mol. The molecule has 24 heavy (non-hydrogen) atoms. The fourth-order valence-electron chi connectivity index (χ4n) is 3.14. The van der Waals surface area contributed by atoms with Gasteiger partial charge in [-0.2, -0.15) is 0 Å². The molecule has 1 saturated heterocycles. The van der Waals surface area contributed by atoms with E-state index in [1.165, 1.54) is 12.1 Å². The van der Waals surface area contributed by atoms with Gasteiger partial charge in [0.25, 0.3) is 0 Å². The van der Waals surface area contributed by atoms with Crippen LogP contribution in [-0.4, -0.2) is 68.8 Å². The number of sulfone groups is 1. The molecule has 136 valence electrons. The van der Waals surface area contributed by atoms with Crippen LogP contribution in [-0.2, 0) is 20.4 Å². The molecule has 1 heterocycles. The lowest BCUT2D eigenvalue weighted by Crippen LogP contribution is -2.60. The molecule has 2 unspecified atom stereocenters. The summed E-state index contributed by atoms with van der Waals surface area (Å²) < 4.78 is 30.6. The highest BCUT2D eigenvalue weighted by Gasteiger charge is 2.44. The molecule has 0 bridgehead atoms. The van der Waals surface area contributed by atoms with Crippen LogP contribution in [0.4, 0.5) is 0 Å². The number of benzene rings is 1. The first kappa shape index (κ1) is 19.3. The van der Waals surface area contributed by atoms with Crippen LogP contribution in [0.25, 0.3) is 0 Å². The summed E-state index contributed by atoms with van der Waals surface area (Å²) in [6.07, 6.45) is 0. The van der Waals surface area contributed by atoms with Gasteiger partial charge in [-0.05, 0) is 18.1 Å². The summed E-state index contributed by atoms with van der Waals surface area (Å²) in [5, 5.41) is 20.1. The molecule has 2 rings (SSSR count). The summed E-state index contributed by atoms with van der Waals surface area (Å²) in [4.78, 5) is 0.256. The lowest BCUT2D eigenvalue weighted by Gasteiger charge is -2.44. The van der Waals surface area contributed by atoms with Crippen molar-refractivity contribution in [3.63, 3.8) is 0 Å². The molecule has 1 aromatic carbocycles.